The van der Waals surface area contributed by atoms with Gasteiger partial charge < -0.3 is 15.5 Å². The van der Waals surface area contributed by atoms with Gasteiger partial charge in [-0.1, -0.05) is 30.3 Å². The van der Waals surface area contributed by atoms with E-state index in [1.165, 1.54) is 12.1 Å². The molecule has 1 unspecified atom stereocenters. The van der Waals surface area contributed by atoms with Gasteiger partial charge in [0.2, 0.25) is 0 Å². The molecule has 1 atom stereocenters. The van der Waals surface area contributed by atoms with Gasteiger partial charge in [-0.15, -0.1) is 0 Å². The van der Waals surface area contributed by atoms with E-state index in [1.807, 2.05) is 31.2 Å². The zero-order valence-electron chi connectivity index (χ0n) is 11.2. The molecule has 0 aliphatic rings. The number of aliphatic hydroxyl groups excluding tert-OH is 1. The Bertz CT molecular complexity index is 610. The van der Waals surface area contributed by atoms with Gasteiger partial charge >= 0.3 is 0 Å². The summed E-state index contributed by atoms with van der Waals surface area (Å²) >= 11 is 0. The number of aryl methyl sites for hydroxylation is 1. The Morgan fingerprint density at radius 1 is 1.20 bits per heavy atom. The fourth-order valence-corrected chi connectivity index (χ4v) is 2.01. The third-order valence-corrected chi connectivity index (χ3v) is 3.11. The number of hydrogen-bond acceptors (Lipinski definition) is 3. The number of aliphatic hydroxyl groups is 1. The number of phenolic OH excluding ortho intramolecular Hbond substituents is 1. The van der Waals surface area contributed by atoms with E-state index in [0.29, 0.717) is 5.56 Å². The van der Waals surface area contributed by atoms with Crippen LogP contribution in [0, 0.1) is 6.92 Å². The molecule has 2 aromatic rings. The summed E-state index contributed by atoms with van der Waals surface area (Å²) in [5.74, 6) is -0.286. The van der Waals surface area contributed by atoms with Gasteiger partial charge in [-0.3, -0.25) is 4.79 Å². The van der Waals surface area contributed by atoms with Gasteiger partial charge in [-0.2, -0.15) is 0 Å². The summed E-state index contributed by atoms with van der Waals surface area (Å²) in [6.45, 7) is 2.04. The molecule has 2 rings (SSSR count). The van der Waals surface area contributed by atoms with Crippen molar-refractivity contribution in [1.82, 2.24) is 5.32 Å². The summed E-state index contributed by atoms with van der Waals surface area (Å²) in [6, 6.07) is 13.6. The Morgan fingerprint density at radius 3 is 2.65 bits per heavy atom. The Labute approximate surface area is 117 Å². The van der Waals surface area contributed by atoms with Crippen LogP contribution in [-0.2, 0) is 0 Å². The second-order valence-electron chi connectivity index (χ2n) is 4.63. The van der Waals surface area contributed by atoms with Crippen LogP contribution in [0.25, 0.3) is 0 Å². The highest BCUT2D eigenvalue weighted by molar-refractivity contribution is 5.94. The summed E-state index contributed by atoms with van der Waals surface area (Å²) in [5.41, 5.74) is 2.14. The first-order valence-corrected chi connectivity index (χ1v) is 6.39. The van der Waals surface area contributed by atoms with Crippen LogP contribution in [0.3, 0.4) is 0 Å². The Hall–Kier alpha value is -2.33. The minimum absolute atomic E-state index is 0.0390. The third kappa shape index (κ3) is 3.36. The average molecular weight is 271 g/mol. The van der Waals surface area contributed by atoms with Crippen molar-refractivity contribution >= 4 is 5.91 Å². The van der Waals surface area contributed by atoms with Crippen molar-refractivity contribution < 1.29 is 15.0 Å². The van der Waals surface area contributed by atoms with Crippen LogP contribution < -0.4 is 5.32 Å². The van der Waals surface area contributed by atoms with Crippen molar-refractivity contribution in [2.24, 2.45) is 0 Å². The predicted molar refractivity (Wildman–Crippen MR) is 76.6 cm³/mol. The molecular weight excluding hydrogens is 254 g/mol. The molecule has 1 amide bonds. The fraction of sp³-hybridized carbons (Fsp3) is 0.188. The van der Waals surface area contributed by atoms with Crippen molar-refractivity contribution in [3.63, 3.8) is 0 Å². The van der Waals surface area contributed by atoms with Crippen LogP contribution in [0.1, 0.15) is 27.6 Å². The van der Waals surface area contributed by atoms with E-state index in [4.69, 9.17) is 0 Å². The molecule has 0 aromatic heterocycles. The maximum absolute atomic E-state index is 11.9. The first-order valence-electron chi connectivity index (χ1n) is 6.39. The molecule has 0 aliphatic carbocycles. The SMILES string of the molecule is Cc1ccccc1C(O)CNC(=O)c1cccc(O)c1. The quantitative estimate of drug-likeness (QED) is 0.798. The zero-order chi connectivity index (χ0) is 14.5. The molecule has 0 bridgehead atoms. The molecule has 104 valence electrons. The van der Waals surface area contributed by atoms with Gasteiger partial charge in [-0.25, -0.2) is 0 Å². The Balaban J connectivity index is 1.99. The number of benzene rings is 2. The molecule has 0 heterocycles. The van der Waals surface area contributed by atoms with Crippen molar-refractivity contribution in [3.05, 3.63) is 65.2 Å². The average Bonchev–Trinajstić information content (AvgIpc) is 2.45. The molecule has 2 aromatic carbocycles. The molecule has 3 N–H and O–H groups in total. The second kappa shape index (κ2) is 6.21. The number of aromatic hydroxyl groups is 1. The summed E-state index contributed by atoms with van der Waals surface area (Å²) in [5, 5.41) is 22.1. The maximum atomic E-state index is 11.9. The molecule has 4 heteroatoms. The van der Waals surface area contributed by atoms with Crippen LogP contribution in [0.2, 0.25) is 0 Å². The highest BCUT2D eigenvalue weighted by Gasteiger charge is 2.12. The Kier molecular flexibility index (Phi) is 4.38. The lowest BCUT2D eigenvalue weighted by molar-refractivity contribution is 0.0915. The molecule has 4 nitrogen and oxygen atoms in total. The minimum Gasteiger partial charge on any atom is -0.508 e. The molecule has 0 radical (unpaired) electrons. The van der Waals surface area contributed by atoms with Crippen LogP contribution >= 0.6 is 0 Å². The minimum atomic E-state index is -0.752. The van der Waals surface area contributed by atoms with Crippen LogP contribution in [0.4, 0.5) is 0 Å². The topological polar surface area (TPSA) is 69.6 Å². The molecule has 0 aliphatic heterocycles. The lowest BCUT2D eigenvalue weighted by atomic mass is 10.0. The van der Waals surface area contributed by atoms with E-state index in [0.717, 1.165) is 11.1 Å². The van der Waals surface area contributed by atoms with E-state index < -0.39 is 6.10 Å². The number of phenols is 1. The van der Waals surface area contributed by atoms with Crippen LogP contribution in [-0.4, -0.2) is 22.7 Å². The van der Waals surface area contributed by atoms with Crippen molar-refractivity contribution in [2.75, 3.05) is 6.54 Å². The van der Waals surface area contributed by atoms with E-state index in [1.54, 1.807) is 12.1 Å². The molecule has 0 saturated carbocycles. The number of amides is 1. The summed E-state index contributed by atoms with van der Waals surface area (Å²) in [6.07, 6.45) is -0.752. The largest absolute Gasteiger partial charge is 0.508 e. The number of carbonyl (C=O) groups excluding carboxylic acids is 1. The maximum Gasteiger partial charge on any atom is 0.251 e. The van der Waals surface area contributed by atoms with E-state index in [2.05, 4.69) is 5.32 Å². The summed E-state index contributed by atoms with van der Waals surface area (Å²) in [7, 11) is 0. The second-order valence-corrected chi connectivity index (χ2v) is 4.63. The van der Waals surface area contributed by atoms with Crippen molar-refractivity contribution in [1.29, 1.82) is 0 Å². The standard InChI is InChI=1S/C16H17NO3/c1-11-5-2-3-8-14(11)15(19)10-17-16(20)12-6-4-7-13(18)9-12/h2-9,15,18-19H,10H2,1H3,(H,17,20). The number of rotatable bonds is 4. The zero-order valence-corrected chi connectivity index (χ0v) is 11.2. The van der Waals surface area contributed by atoms with E-state index >= 15 is 0 Å². The number of hydrogen-bond donors (Lipinski definition) is 3. The van der Waals surface area contributed by atoms with Crippen LogP contribution in [0.15, 0.2) is 48.5 Å². The van der Waals surface area contributed by atoms with Gasteiger partial charge in [0.1, 0.15) is 5.75 Å². The van der Waals surface area contributed by atoms with E-state index in [-0.39, 0.29) is 18.2 Å². The molecule has 0 fully saturated rings. The first-order chi connectivity index (χ1) is 9.58. The van der Waals surface area contributed by atoms with Gasteiger partial charge in [0.05, 0.1) is 6.10 Å². The predicted octanol–water partition coefficient (Wildman–Crippen LogP) is 2.16. The van der Waals surface area contributed by atoms with Crippen molar-refractivity contribution in [3.8, 4) is 5.75 Å². The van der Waals surface area contributed by atoms with Gasteiger partial charge in [0.15, 0.2) is 0 Å². The lowest BCUT2D eigenvalue weighted by Crippen LogP contribution is -2.28. The third-order valence-electron chi connectivity index (χ3n) is 3.11. The van der Waals surface area contributed by atoms with Gasteiger partial charge in [-0.05, 0) is 36.2 Å². The monoisotopic (exact) mass is 271 g/mol. The highest BCUT2D eigenvalue weighted by atomic mass is 16.3. The van der Waals surface area contributed by atoms with Crippen molar-refractivity contribution in [2.45, 2.75) is 13.0 Å². The Morgan fingerprint density at radius 2 is 1.95 bits per heavy atom. The van der Waals surface area contributed by atoms with Gasteiger partial charge in [0.25, 0.3) is 5.91 Å². The summed E-state index contributed by atoms with van der Waals surface area (Å²) < 4.78 is 0. The molecule has 0 saturated heterocycles. The lowest BCUT2D eigenvalue weighted by Gasteiger charge is -2.14. The smallest absolute Gasteiger partial charge is 0.251 e. The van der Waals surface area contributed by atoms with Crippen LogP contribution in [0.5, 0.6) is 5.75 Å². The number of carbonyl (C=O) groups is 1. The number of nitrogens with one attached hydrogen (secondary N) is 1. The van der Waals surface area contributed by atoms with E-state index in [9.17, 15) is 15.0 Å². The van der Waals surface area contributed by atoms with Gasteiger partial charge in [0, 0.05) is 12.1 Å². The fourth-order valence-electron chi connectivity index (χ4n) is 2.01. The normalized spacial score (nSPS) is 11.9. The molecule has 0 spiro atoms. The molecular formula is C16H17NO3. The first kappa shape index (κ1) is 14.1. The summed E-state index contributed by atoms with van der Waals surface area (Å²) in [4.78, 5) is 11.9. The highest BCUT2D eigenvalue weighted by Crippen LogP contribution is 2.16. The molecule has 20 heavy (non-hydrogen) atoms.